The van der Waals surface area contributed by atoms with Gasteiger partial charge in [-0.05, 0) is 55.4 Å². The van der Waals surface area contributed by atoms with Crippen LogP contribution in [-0.4, -0.2) is 5.78 Å². The van der Waals surface area contributed by atoms with E-state index >= 15 is 0 Å². The van der Waals surface area contributed by atoms with Gasteiger partial charge in [-0.3, -0.25) is 4.79 Å². The first-order chi connectivity index (χ1) is 8.18. The summed E-state index contributed by atoms with van der Waals surface area (Å²) in [6.07, 6.45) is 4.96. The molecule has 2 aliphatic carbocycles. The number of carbonyl (C=O) groups excluding carboxylic acids is 1. The van der Waals surface area contributed by atoms with Crippen molar-refractivity contribution in [1.82, 2.24) is 0 Å². The van der Waals surface area contributed by atoms with Gasteiger partial charge in [0.2, 0.25) is 0 Å². The Bertz CT molecular complexity index is 454. The molecular weight excluding hydrogens is 215 g/mol. The number of aryl methyl sites for hydroxylation is 1. The summed E-state index contributed by atoms with van der Waals surface area (Å²) >= 11 is 0. The first-order valence-corrected chi connectivity index (χ1v) is 6.49. The molecule has 0 radical (unpaired) electrons. The summed E-state index contributed by atoms with van der Waals surface area (Å²) in [5, 5.41) is 0. The highest BCUT2D eigenvalue weighted by molar-refractivity contribution is 6.00. The molecule has 0 amide bonds. The molecule has 1 aromatic rings. The fraction of sp³-hybridized carbons (Fsp3) is 0.533. The van der Waals surface area contributed by atoms with Gasteiger partial charge in [-0.1, -0.05) is 12.8 Å². The molecule has 2 saturated carbocycles. The molecule has 1 aromatic carbocycles. The first kappa shape index (κ1) is 10.9. The van der Waals surface area contributed by atoms with Crippen molar-refractivity contribution in [3.63, 3.8) is 0 Å². The minimum Gasteiger partial charge on any atom is -0.294 e. The number of Topliss-reactive ketones (excluding diaryl/α,β-unsaturated/α-hetero) is 1. The van der Waals surface area contributed by atoms with Crippen molar-refractivity contribution in [3.05, 3.63) is 35.1 Å². The number of hydrogen-bond acceptors (Lipinski definition) is 1. The van der Waals surface area contributed by atoms with Crippen molar-refractivity contribution < 1.29 is 9.18 Å². The van der Waals surface area contributed by atoms with Crippen LogP contribution in [0.1, 0.15) is 41.6 Å². The van der Waals surface area contributed by atoms with E-state index in [-0.39, 0.29) is 17.5 Å². The molecule has 1 nitrogen and oxygen atoms in total. The Hall–Kier alpha value is -1.18. The number of carbonyl (C=O) groups is 1. The van der Waals surface area contributed by atoms with Crippen LogP contribution < -0.4 is 0 Å². The summed E-state index contributed by atoms with van der Waals surface area (Å²) in [6, 6.07) is 4.74. The molecule has 0 heterocycles. The number of fused-ring (bicyclic) bond motifs is 1. The monoisotopic (exact) mass is 232 g/mol. The fourth-order valence-electron chi connectivity index (χ4n) is 3.37. The van der Waals surface area contributed by atoms with Crippen molar-refractivity contribution in [3.8, 4) is 0 Å². The van der Waals surface area contributed by atoms with Gasteiger partial charge in [0.05, 0.1) is 0 Å². The van der Waals surface area contributed by atoms with E-state index in [1.807, 2.05) is 0 Å². The second-order valence-electron chi connectivity index (χ2n) is 5.47. The number of benzene rings is 1. The largest absolute Gasteiger partial charge is 0.294 e. The first-order valence-electron chi connectivity index (χ1n) is 6.49. The van der Waals surface area contributed by atoms with Crippen molar-refractivity contribution in [2.24, 2.45) is 17.8 Å². The van der Waals surface area contributed by atoms with Gasteiger partial charge in [-0.25, -0.2) is 4.39 Å². The topological polar surface area (TPSA) is 17.1 Å². The van der Waals surface area contributed by atoms with Crippen LogP contribution in [0.5, 0.6) is 0 Å². The Morgan fingerprint density at radius 2 is 1.88 bits per heavy atom. The van der Waals surface area contributed by atoms with E-state index in [1.54, 1.807) is 19.1 Å². The molecule has 2 atom stereocenters. The maximum Gasteiger partial charge on any atom is 0.166 e. The zero-order chi connectivity index (χ0) is 12.0. The van der Waals surface area contributed by atoms with Crippen LogP contribution in [0.4, 0.5) is 4.39 Å². The Kier molecular flexibility index (Phi) is 2.53. The Morgan fingerprint density at radius 3 is 2.47 bits per heavy atom. The predicted molar refractivity (Wildman–Crippen MR) is 64.4 cm³/mol. The van der Waals surface area contributed by atoms with Gasteiger partial charge < -0.3 is 0 Å². The highest BCUT2D eigenvalue weighted by atomic mass is 19.1. The number of ketones is 1. The van der Waals surface area contributed by atoms with E-state index in [0.717, 1.165) is 0 Å². The van der Waals surface area contributed by atoms with Crippen molar-refractivity contribution in [2.75, 3.05) is 0 Å². The summed E-state index contributed by atoms with van der Waals surface area (Å²) in [5.41, 5.74) is 1.27. The maximum absolute atomic E-state index is 13.2. The molecule has 90 valence electrons. The van der Waals surface area contributed by atoms with Crippen LogP contribution in [0.2, 0.25) is 0 Å². The quantitative estimate of drug-likeness (QED) is 0.710. The lowest BCUT2D eigenvalue weighted by Gasteiger charge is -2.04. The van der Waals surface area contributed by atoms with E-state index in [0.29, 0.717) is 23.0 Å². The number of rotatable bonds is 2. The molecule has 0 saturated heterocycles. The molecule has 2 unspecified atom stereocenters. The minimum absolute atomic E-state index is 0.227. The van der Waals surface area contributed by atoms with Gasteiger partial charge in [0.15, 0.2) is 5.78 Å². The molecule has 0 bridgehead atoms. The maximum atomic E-state index is 13.2. The van der Waals surface area contributed by atoms with Gasteiger partial charge in [-0.15, -0.1) is 0 Å². The molecule has 0 N–H and O–H groups in total. The SMILES string of the molecule is Cc1cc(C(=O)C2C3CCCCC32)ccc1F. The highest BCUT2D eigenvalue weighted by Crippen LogP contribution is 2.56. The summed E-state index contributed by atoms with van der Waals surface area (Å²) < 4.78 is 13.2. The van der Waals surface area contributed by atoms with Crippen molar-refractivity contribution >= 4 is 5.78 Å². The average Bonchev–Trinajstić information content (AvgIpc) is 3.06. The third-order valence-corrected chi connectivity index (χ3v) is 4.40. The van der Waals surface area contributed by atoms with Gasteiger partial charge in [0, 0.05) is 11.5 Å². The van der Waals surface area contributed by atoms with Crippen molar-refractivity contribution in [2.45, 2.75) is 32.6 Å². The Balaban J connectivity index is 1.80. The molecule has 2 aliphatic rings. The smallest absolute Gasteiger partial charge is 0.166 e. The molecule has 17 heavy (non-hydrogen) atoms. The number of halogens is 1. The molecule has 2 fully saturated rings. The lowest BCUT2D eigenvalue weighted by atomic mass is 10.0. The Labute approximate surface area is 101 Å². The van der Waals surface area contributed by atoms with Crippen LogP contribution >= 0.6 is 0 Å². The second-order valence-corrected chi connectivity index (χ2v) is 5.47. The molecular formula is C15H17FO. The van der Waals surface area contributed by atoms with E-state index in [4.69, 9.17) is 0 Å². The van der Waals surface area contributed by atoms with Gasteiger partial charge in [0.1, 0.15) is 5.82 Å². The third kappa shape index (κ3) is 1.80. The van der Waals surface area contributed by atoms with Crippen LogP contribution in [0.25, 0.3) is 0 Å². The lowest BCUT2D eigenvalue weighted by Crippen LogP contribution is -2.05. The third-order valence-electron chi connectivity index (χ3n) is 4.40. The van der Waals surface area contributed by atoms with E-state index in [1.165, 1.54) is 31.7 Å². The average molecular weight is 232 g/mol. The van der Waals surface area contributed by atoms with Gasteiger partial charge in [-0.2, -0.15) is 0 Å². The molecule has 0 aromatic heterocycles. The van der Waals surface area contributed by atoms with Crippen molar-refractivity contribution in [1.29, 1.82) is 0 Å². The molecule has 2 heteroatoms. The van der Waals surface area contributed by atoms with Crippen LogP contribution in [-0.2, 0) is 0 Å². The fourth-order valence-corrected chi connectivity index (χ4v) is 3.37. The zero-order valence-corrected chi connectivity index (χ0v) is 10.1. The van der Waals surface area contributed by atoms with E-state index in [2.05, 4.69) is 0 Å². The lowest BCUT2D eigenvalue weighted by molar-refractivity contribution is 0.0956. The normalized spacial score (nSPS) is 30.8. The van der Waals surface area contributed by atoms with E-state index in [9.17, 15) is 9.18 Å². The summed E-state index contributed by atoms with van der Waals surface area (Å²) in [5.74, 6) is 1.50. The predicted octanol–water partition coefficient (Wildman–Crippen LogP) is 3.75. The zero-order valence-electron chi connectivity index (χ0n) is 10.1. The van der Waals surface area contributed by atoms with Crippen LogP contribution in [0, 0.1) is 30.5 Å². The summed E-state index contributed by atoms with van der Waals surface area (Å²) in [4.78, 5) is 12.3. The van der Waals surface area contributed by atoms with Gasteiger partial charge >= 0.3 is 0 Å². The van der Waals surface area contributed by atoms with Crippen LogP contribution in [0.15, 0.2) is 18.2 Å². The minimum atomic E-state index is -0.227. The molecule has 3 rings (SSSR count). The number of hydrogen-bond donors (Lipinski definition) is 0. The summed E-state index contributed by atoms with van der Waals surface area (Å²) in [7, 11) is 0. The molecule has 0 spiro atoms. The summed E-state index contributed by atoms with van der Waals surface area (Å²) in [6.45, 7) is 1.71. The second kappa shape index (κ2) is 3.94. The molecule has 0 aliphatic heterocycles. The van der Waals surface area contributed by atoms with E-state index < -0.39 is 0 Å². The van der Waals surface area contributed by atoms with Crippen LogP contribution in [0.3, 0.4) is 0 Å². The van der Waals surface area contributed by atoms with Gasteiger partial charge in [0.25, 0.3) is 0 Å². The highest BCUT2D eigenvalue weighted by Gasteiger charge is 2.54. The standard InChI is InChI=1S/C15H17FO/c1-9-8-10(6-7-13(9)16)15(17)14-11-4-2-3-5-12(11)14/h6-8,11-12,14H,2-5H2,1H3. The Morgan fingerprint density at radius 1 is 1.24 bits per heavy atom.